The van der Waals surface area contributed by atoms with Crippen molar-refractivity contribution in [1.29, 1.82) is 0 Å². The van der Waals surface area contributed by atoms with Crippen LogP contribution in [0.15, 0.2) is 30.3 Å². The van der Waals surface area contributed by atoms with E-state index in [1.54, 1.807) is 0 Å². The Balaban J connectivity index is 0. The first-order chi connectivity index (χ1) is 13.7. The summed E-state index contributed by atoms with van der Waals surface area (Å²) < 4.78 is 0. The quantitative estimate of drug-likeness (QED) is 0.404. The summed E-state index contributed by atoms with van der Waals surface area (Å²) >= 11 is 0. The molecule has 2 aromatic carbocycles. The van der Waals surface area contributed by atoms with Crippen LogP contribution in [0.2, 0.25) is 0 Å². The molecule has 0 fully saturated rings. The van der Waals surface area contributed by atoms with Crippen molar-refractivity contribution >= 4 is 11.4 Å². The van der Waals surface area contributed by atoms with Crippen LogP contribution in [0.5, 0.6) is 0 Å². The Labute approximate surface area is 228 Å². The van der Waals surface area contributed by atoms with Crippen LogP contribution >= 0.6 is 0 Å². The molecule has 0 aromatic heterocycles. The van der Waals surface area contributed by atoms with E-state index in [1.807, 2.05) is 0 Å². The van der Waals surface area contributed by atoms with Gasteiger partial charge < -0.3 is 49.5 Å². The second kappa shape index (κ2) is 16.2. The molecular weight excluding hydrogens is 573 g/mol. The molecule has 0 unspecified atom stereocenters. The molecule has 0 aliphatic rings. The van der Waals surface area contributed by atoms with E-state index < -0.39 is 0 Å². The maximum Gasteiger partial charge on any atom is 2.00 e. The molecule has 2 aromatic rings. The number of likely N-dealkylation sites (N-methyl/N-ethyl adjacent to an activating group) is 1. The standard InChI is InChI=1S/C26H41N3.2BrH.Co/c1-18(2)23-10-9-11-24(19(3)4)26(23)28-13-15-29(8)14-12-27-25-21(6)16-20(5)17-22(25)7;;;/h9-11,16-19,27-28H,12-15H2,1-8H3;2*1H;/q;;;+2/p-2. The molecule has 0 bridgehead atoms. The van der Waals surface area contributed by atoms with Gasteiger partial charge in [0.25, 0.3) is 0 Å². The molecule has 0 spiro atoms. The van der Waals surface area contributed by atoms with Gasteiger partial charge in [-0.1, -0.05) is 63.6 Å². The van der Waals surface area contributed by atoms with E-state index in [4.69, 9.17) is 0 Å². The molecule has 0 saturated heterocycles. The zero-order valence-corrected chi connectivity index (χ0v) is 25.1. The summed E-state index contributed by atoms with van der Waals surface area (Å²) in [6.07, 6.45) is 0. The fourth-order valence-electron chi connectivity index (χ4n) is 4.07. The molecule has 2 N–H and O–H groups in total. The number of aryl methyl sites for hydroxylation is 3. The van der Waals surface area contributed by atoms with Crippen LogP contribution in [-0.2, 0) is 16.8 Å². The van der Waals surface area contributed by atoms with Crippen molar-refractivity contribution in [3.63, 3.8) is 0 Å². The van der Waals surface area contributed by atoms with Crippen molar-refractivity contribution < 1.29 is 50.7 Å². The molecule has 183 valence electrons. The maximum atomic E-state index is 3.75. The van der Waals surface area contributed by atoms with Gasteiger partial charge in [0, 0.05) is 37.6 Å². The van der Waals surface area contributed by atoms with Gasteiger partial charge in [-0.3, -0.25) is 0 Å². The van der Waals surface area contributed by atoms with Gasteiger partial charge in [-0.05, 0) is 61.9 Å². The number of rotatable bonds is 10. The molecule has 3 nitrogen and oxygen atoms in total. The Bertz CT molecular complexity index is 760. The molecule has 0 saturated carbocycles. The van der Waals surface area contributed by atoms with Crippen LogP contribution in [0, 0.1) is 20.8 Å². The van der Waals surface area contributed by atoms with Crippen molar-refractivity contribution in [1.82, 2.24) is 4.90 Å². The van der Waals surface area contributed by atoms with Gasteiger partial charge in [0.15, 0.2) is 0 Å². The van der Waals surface area contributed by atoms with E-state index in [0.717, 1.165) is 26.2 Å². The van der Waals surface area contributed by atoms with E-state index in [2.05, 4.69) is 101 Å². The SMILES string of the molecule is Cc1cc(C)c(NCCN(C)CCNc2c(C(C)C)cccc2C(C)C)c(C)c1.[Br-].[Br-].[Co+2]. The third kappa shape index (κ3) is 9.76. The summed E-state index contributed by atoms with van der Waals surface area (Å²) in [4.78, 5) is 2.39. The minimum atomic E-state index is 0. The number of halogens is 2. The van der Waals surface area contributed by atoms with Gasteiger partial charge in [0.2, 0.25) is 0 Å². The maximum absolute atomic E-state index is 3.75. The van der Waals surface area contributed by atoms with E-state index in [-0.39, 0.29) is 50.7 Å². The Morgan fingerprint density at radius 3 is 1.56 bits per heavy atom. The van der Waals surface area contributed by atoms with Gasteiger partial charge >= 0.3 is 16.8 Å². The predicted octanol–water partition coefficient (Wildman–Crippen LogP) is 0.320. The van der Waals surface area contributed by atoms with Crippen LogP contribution in [0.1, 0.15) is 67.3 Å². The van der Waals surface area contributed by atoms with Gasteiger partial charge in [-0.2, -0.15) is 0 Å². The zero-order chi connectivity index (χ0) is 21.6. The normalized spacial score (nSPS) is 10.5. The number of para-hydroxylation sites is 1. The Hall–Kier alpha value is -0.534. The summed E-state index contributed by atoms with van der Waals surface area (Å²) in [7, 11) is 2.20. The van der Waals surface area contributed by atoms with E-state index in [9.17, 15) is 0 Å². The number of hydrogen-bond donors (Lipinski definition) is 2. The smallest absolute Gasteiger partial charge is 1.00 e. The summed E-state index contributed by atoms with van der Waals surface area (Å²) in [5.74, 6) is 1.05. The third-order valence-corrected chi connectivity index (χ3v) is 5.64. The summed E-state index contributed by atoms with van der Waals surface area (Å²) in [6, 6.07) is 11.2. The molecule has 6 heteroatoms. The van der Waals surface area contributed by atoms with Crippen LogP contribution in [0.3, 0.4) is 0 Å². The molecule has 0 heterocycles. The summed E-state index contributed by atoms with van der Waals surface area (Å²) in [5.41, 5.74) is 9.47. The second-order valence-electron chi connectivity index (χ2n) is 9.05. The van der Waals surface area contributed by atoms with E-state index >= 15 is 0 Å². The fourth-order valence-corrected chi connectivity index (χ4v) is 4.07. The second-order valence-corrected chi connectivity index (χ2v) is 9.05. The average molecular weight is 614 g/mol. The first-order valence-electron chi connectivity index (χ1n) is 11.1. The van der Waals surface area contributed by atoms with Crippen molar-refractivity contribution in [2.75, 3.05) is 43.9 Å². The van der Waals surface area contributed by atoms with Crippen LogP contribution in [-0.4, -0.2) is 38.1 Å². The van der Waals surface area contributed by atoms with E-state index in [1.165, 1.54) is 39.2 Å². The Kier molecular flexibility index (Phi) is 17.0. The zero-order valence-electron chi connectivity index (χ0n) is 20.9. The molecule has 2 rings (SSSR count). The number of benzene rings is 2. The van der Waals surface area contributed by atoms with Crippen LogP contribution in [0.4, 0.5) is 11.4 Å². The molecule has 0 aliphatic carbocycles. The summed E-state index contributed by atoms with van der Waals surface area (Å²) in [6.45, 7) is 19.6. The molecule has 32 heavy (non-hydrogen) atoms. The Morgan fingerprint density at radius 2 is 1.16 bits per heavy atom. The number of nitrogens with one attached hydrogen (secondary N) is 2. The first kappa shape index (κ1) is 33.6. The van der Waals surface area contributed by atoms with Crippen molar-refractivity contribution in [3.05, 3.63) is 58.1 Å². The predicted molar refractivity (Wildman–Crippen MR) is 130 cm³/mol. The number of hydrogen-bond acceptors (Lipinski definition) is 3. The number of anilines is 2. The average Bonchev–Trinajstić information content (AvgIpc) is 2.63. The number of nitrogens with zero attached hydrogens (tertiary/aromatic N) is 1. The van der Waals surface area contributed by atoms with E-state index in [0.29, 0.717) is 11.8 Å². The van der Waals surface area contributed by atoms with Crippen molar-refractivity contribution in [3.8, 4) is 0 Å². The monoisotopic (exact) mass is 612 g/mol. The van der Waals surface area contributed by atoms with Crippen LogP contribution < -0.4 is 44.6 Å². The van der Waals surface area contributed by atoms with Crippen LogP contribution in [0.25, 0.3) is 0 Å². The van der Waals surface area contributed by atoms with Crippen molar-refractivity contribution in [2.45, 2.75) is 60.3 Å². The minimum absolute atomic E-state index is 0. The molecule has 0 amide bonds. The molecule has 0 atom stereocenters. The fraction of sp³-hybridized carbons (Fsp3) is 0.538. The van der Waals surface area contributed by atoms with Gasteiger partial charge in [-0.15, -0.1) is 0 Å². The van der Waals surface area contributed by atoms with Crippen molar-refractivity contribution in [2.24, 2.45) is 0 Å². The third-order valence-electron chi connectivity index (χ3n) is 5.64. The largest absolute Gasteiger partial charge is 2.00 e. The van der Waals surface area contributed by atoms with Gasteiger partial charge in [-0.25, -0.2) is 0 Å². The first-order valence-corrected chi connectivity index (χ1v) is 11.1. The Morgan fingerprint density at radius 1 is 0.750 bits per heavy atom. The topological polar surface area (TPSA) is 27.3 Å². The molecule has 1 radical (unpaired) electrons. The molecule has 0 aliphatic heterocycles. The van der Waals surface area contributed by atoms with Gasteiger partial charge in [0.05, 0.1) is 0 Å². The molecular formula is C26H41Br2CoN3. The minimum Gasteiger partial charge on any atom is -1.00 e. The summed E-state index contributed by atoms with van der Waals surface area (Å²) in [5, 5.41) is 7.38. The van der Waals surface area contributed by atoms with Gasteiger partial charge in [0.1, 0.15) is 0 Å².